The number of ether oxygens (including phenoxy) is 1. The van der Waals surface area contributed by atoms with Gasteiger partial charge in [-0.15, -0.1) is 11.3 Å². The Morgan fingerprint density at radius 1 is 1.13 bits per heavy atom. The molecule has 2 heterocycles. The van der Waals surface area contributed by atoms with Crippen molar-refractivity contribution in [2.24, 2.45) is 4.99 Å². The first kappa shape index (κ1) is 21.1. The number of nitrogens with zero attached hydrogens (tertiary/aromatic N) is 4. The third kappa shape index (κ3) is 4.33. The van der Waals surface area contributed by atoms with Crippen LogP contribution in [-0.4, -0.2) is 26.7 Å². The van der Waals surface area contributed by atoms with Gasteiger partial charge < -0.3 is 9.30 Å². The monoisotopic (exact) mass is 452 g/mol. The minimum Gasteiger partial charge on any atom is -0.461 e. The number of benzene rings is 2. The molecule has 0 amide bonds. The molecule has 31 heavy (non-hydrogen) atoms. The van der Waals surface area contributed by atoms with Crippen LogP contribution in [0.25, 0.3) is 16.9 Å². The van der Waals surface area contributed by atoms with E-state index in [4.69, 9.17) is 21.3 Å². The Labute approximate surface area is 189 Å². The molecular formula is C23H21ClN4O2S. The van der Waals surface area contributed by atoms with Gasteiger partial charge in [-0.05, 0) is 43.7 Å². The zero-order valence-corrected chi connectivity index (χ0v) is 18.7. The molecule has 0 N–H and O–H groups in total. The zero-order valence-electron chi connectivity index (χ0n) is 17.2. The number of hydrogen-bond acceptors (Lipinski definition) is 5. The number of rotatable bonds is 6. The molecule has 2 aromatic carbocycles. The van der Waals surface area contributed by atoms with Crippen LogP contribution in [-0.2, 0) is 11.3 Å². The summed E-state index contributed by atoms with van der Waals surface area (Å²) in [6.45, 7) is 4.61. The third-order valence-corrected chi connectivity index (χ3v) is 5.77. The summed E-state index contributed by atoms with van der Waals surface area (Å²) >= 11 is 7.56. The van der Waals surface area contributed by atoms with Gasteiger partial charge in [-0.1, -0.05) is 41.9 Å². The molecule has 0 bridgehead atoms. The Kier molecular flexibility index (Phi) is 6.34. The Bertz CT molecular complexity index is 1260. The fourth-order valence-electron chi connectivity index (χ4n) is 3.23. The molecular weight excluding hydrogens is 432 g/mol. The van der Waals surface area contributed by atoms with Gasteiger partial charge in [0, 0.05) is 22.6 Å². The molecule has 0 unspecified atom stereocenters. The second-order valence-electron chi connectivity index (χ2n) is 6.62. The van der Waals surface area contributed by atoms with E-state index in [1.54, 1.807) is 17.8 Å². The highest BCUT2D eigenvalue weighted by molar-refractivity contribution is 7.07. The van der Waals surface area contributed by atoms with Crippen molar-refractivity contribution in [3.63, 3.8) is 0 Å². The maximum atomic E-state index is 12.6. The SMILES string of the molecule is CCOC(=O)c1c(N=c2scc(-c3ccc(Cl)cc3)n2-c2ccccc2)ncn1CC. The van der Waals surface area contributed by atoms with Gasteiger partial charge in [-0.2, -0.15) is 4.99 Å². The van der Waals surface area contributed by atoms with Crippen LogP contribution in [0.15, 0.2) is 71.3 Å². The predicted molar refractivity (Wildman–Crippen MR) is 123 cm³/mol. The molecule has 0 spiro atoms. The second kappa shape index (κ2) is 9.32. The first-order valence-corrected chi connectivity index (χ1v) is 11.2. The first-order chi connectivity index (χ1) is 15.1. The molecule has 0 atom stereocenters. The lowest BCUT2D eigenvalue weighted by molar-refractivity contribution is 0.0515. The van der Waals surface area contributed by atoms with Crippen LogP contribution < -0.4 is 4.80 Å². The van der Waals surface area contributed by atoms with Crippen LogP contribution in [0.2, 0.25) is 5.02 Å². The highest BCUT2D eigenvalue weighted by Gasteiger charge is 2.20. The van der Waals surface area contributed by atoms with Gasteiger partial charge in [0.15, 0.2) is 16.3 Å². The van der Waals surface area contributed by atoms with Gasteiger partial charge in [-0.3, -0.25) is 4.57 Å². The maximum Gasteiger partial charge on any atom is 0.358 e. The van der Waals surface area contributed by atoms with Crippen molar-refractivity contribution in [2.75, 3.05) is 6.61 Å². The summed E-state index contributed by atoms with van der Waals surface area (Å²) in [5.41, 5.74) is 3.29. The lowest BCUT2D eigenvalue weighted by Gasteiger charge is -2.09. The number of hydrogen-bond donors (Lipinski definition) is 0. The van der Waals surface area contributed by atoms with Gasteiger partial charge >= 0.3 is 5.97 Å². The van der Waals surface area contributed by atoms with E-state index in [-0.39, 0.29) is 6.61 Å². The Morgan fingerprint density at radius 3 is 2.55 bits per heavy atom. The summed E-state index contributed by atoms with van der Waals surface area (Å²) in [6.07, 6.45) is 1.62. The van der Waals surface area contributed by atoms with Crippen LogP contribution >= 0.6 is 22.9 Å². The lowest BCUT2D eigenvalue weighted by atomic mass is 10.1. The van der Waals surface area contributed by atoms with Crippen molar-refractivity contribution in [3.8, 4) is 16.9 Å². The fraction of sp³-hybridized carbons (Fsp3) is 0.174. The summed E-state index contributed by atoms with van der Waals surface area (Å²) in [4.78, 5) is 22.4. The standard InChI is InChI=1S/C23H21ClN4O2S/c1-3-27-15-25-21(20(27)22(29)30-4-2)26-23-28(18-8-6-5-7-9-18)19(14-31-23)16-10-12-17(24)13-11-16/h5-15H,3-4H2,1-2H3. The average molecular weight is 453 g/mol. The molecule has 0 saturated heterocycles. The molecule has 2 aromatic heterocycles. The fourth-order valence-corrected chi connectivity index (χ4v) is 4.26. The van der Waals surface area contributed by atoms with Gasteiger partial charge in [0.05, 0.1) is 18.6 Å². The molecule has 0 fully saturated rings. The smallest absolute Gasteiger partial charge is 0.358 e. The molecule has 158 valence electrons. The van der Waals surface area contributed by atoms with Crippen LogP contribution in [0.1, 0.15) is 24.3 Å². The van der Waals surface area contributed by atoms with Crippen molar-refractivity contribution in [1.82, 2.24) is 14.1 Å². The van der Waals surface area contributed by atoms with E-state index in [1.807, 2.05) is 71.5 Å². The number of thiazole rings is 1. The average Bonchev–Trinajstić information content (AvgIpc) is 3.39. The first-order valence-electron chi connectivity index (χ1n) is 9.91. The van der Waals surface area contributed by atoms with E-state index in [2.05, 4.69) is 4.98 Å². The van der Waals surface area contributed by atoms with E-state index < -0.39 is 5.97 Å². The molecule has 0 saturated carbocycles. The van der Waals surface area contributed by atoms with Gasteiger partial charge in [0.1, 0.15) is 0 Å². The summed E-state index contributed by atoms with van der Waals surface area (Å²) < 4.78 is 9.03. The lowest BCUT2D eigenvalue weighted by Crippen LogP contribution is -2.15. The predicted octanol–water partition coefficient (Wildman–Crippen LogP) is 5.48. The summed E-state index contributed by atoms with van der Waals surface area (Å²) in [7, 11) is 0. The molecule has 4 rings (SSSR count). The largest absolute Gasteiger partial charge is 0.461 e. The topological polar surface area (TPSA) is 61.4 Å². The Hall–Kier alpha value is -3.16. The van der Waals surface area contributed by atoms with Crippen molar-refractivity contribution < 1.29 is 9.53 Å². The van der Waals surface area contributed by atoms with Crippen molar-refractivity contribution in [2.45, 2.75) is 20.4 Å². The molecule has 8 heteroatoms. The second-order valence-corrected chi connectivity index (χ2v) is 7.89. The van der Waals surface area contributed by atoms with E-state index in [0.29, 0.717) is 27.9 Å². The van der Waals surface area contributed by atoms with Crippen LogP contribution in [0.3, 0.4) is 0 Å². The van der Waals surface area contributed by atoms with E-state index in [0.717, 1.165) is 16.9 Å². The number of aromatic nitrogens is 3. The number of imidazole rings is 1. The van der Waals surface area contributed by atoms with Crippen LogP contribution in [0.5, 0.6) is 0 Å². The number of halogens is 1. The Morgan fingerprint density at radius 2 is 1.87 bits per heavy atom. The van der Waals surface area contributed by atoms with Crippen LogP contribution in [0, 0.1) is 0 Å². The number of para-hydroxylation sites is 1. The molecule has 0 aliphatic carbocycles. The highest BCUT2D eigenvalue weighted by Crippen LogP contribution is 2.26. The maximum absolute atomic E-state index is 12.6. The molecule has 0 radical (unpaired) electrons. The molecule has 4 aromatic rings. The highest BCUT2D eigenvalue weighted by atomic mass is 35.5. The number of carbonyl (C=O) groups is 1. The minimum atomic E-state index is -0.429. The summed E-state index contributed by atoms with van der Waals surface area (Å²) in [6, 6.07) is 17.6. The third-order valence-electron chi connectivity index (χ3n) is 4.69. The molecule has 0 aliphatic rings. The quantitative estimate of drug-likeness (QED) is 0.364. The van der Waals surface area contributed by atoms with Crippen LogP contribution in [0.4, 0.5) is 5.82 Å². The van der Waals surface area contributed by atoms with Gasteiger partial charge in [0.25, 0.3) is 0 Å². The molecule has 6 nitrogen and oxygen atoms in total. The van der Waals surface area contributed by atoms with Gasteiger partial charge in [-0.25, -0.2) is 9.78 Å². The summed E-state index contributed by atoms with van der Waals surface area (Å²) in [5.74, 6) is -0.0872. The van der Waals surface area contributed by atoms with Crippen molar-refractivity contribution in [3.05, 3.63) is 81.8 Å². The van der Waals surface area contributed by atoms with E-state index >= 15 is 0 Å². The van der Waals surface area contributed by atoms with Crippen molar-refractivity contribution >= 4 is 34.7 Å². The molecule has 0 aliphatic heterocycles. The van der Waals surface area contributed by atoms with Crippen molar-refractivity contribution in [1.29, 1.82) is 0 Å². The Balaban J connectivity index is 1.93. The minimum absolute atomic E-state index is 0.289. The van der Waals surface area contributed by atoms with E-state index in [1.165, 1.54) is 11.3 Å². The number of carbonyl (C=O) groups excluding carboxylic acids is 1. The normalized spacial score (nSPS) is 11.6. The zero-order chi connectivity index (χ0) is 21.8. The van der Waals surface area contributed by atoms with Gasteiger partial charge in [0.2, 0.25) is 0 Å². The number of aryl methyl sites for hydroxylation is 1. The number of esters is 1. The summed E-state index contributed by atoms with van der Waals surface area (Å²) in [5, 5.41) is 2.72. The van der Waals surface area contributed by atoms with E-state index in [9.17, 15) is 4.79 Å².